The second kappa shape index (κ2) is 60.9. The van der Waals surface area contributed by atoms with E-state index >= 15 is 0 Å². The molecule has 0 rings (SSSR count). The van der Waals surface area contributed by atoms with Crippen molar-refractivity contribution in [1.82, 2.24) is 0 Å². The maximum Gasteiger partial charge on any atom is 0.472 e. The number of phosphoric acid groups is 2. The lowest BCUT2D eigenvalue weighted by molar-refractivity contribution is -0.161. The van der Waals surface area contributed by atoms with Gasteiger partial charge in [0.2, 0.25) is 0 Å². The quantitative estimate of drug-likeness (QED) is 0.0222. The number of phosphoric ester groups is 2. The third-order valence-electron chi connectivity index (χ3n) is 15.4. The van der Waals surface area contributed by atoms with Crippen LogP contribution in [0.5, 0.6) is 0 Å². The second-order valence-electron chi connectivity index (χ2n) is 23.9. The Kier molecular flexibility index (Phi) is 59.6. The van der Waals surface area contributed by atoms with E-state index in [0.29, 0.717) is 25.7 Å². The van der Waals surface area contributed by atoms with E-state index in [1.54, 1.807) is 0 Å². The normalized spacial score (nSPS) is 14.1. The molecule has 17 nitrogen and oxygen atoms in total. The Balaban J connectivity index is 5.16. The molecule has 0 bridgehead atoms. The highest BCUT2D eigenvalue weighted by molar-refractivity contribution is 7.47. The molecular formula is C66H128O17P2. The molecule has 0 saturated carbocycles. The summed E-state index contributed by atoms with van der Waals surface area (Å²) < 4.78 is 67.9. The SMILES string of the molecule is CCCCCCCCCCCCCCCCCC(=O)OC[C@H](COP(=O)(O)OC[C@H](O)COP(=O)(O)OC[C@@H](COC(=O)CCCCCCC)OC(=O)CCCCCCCCCCCC)OC(=O)CCCCCCCCCCCCCCCCC. The number of ether oxygens (including phenoxy) is 4. The number of aliphatic hydroxyl groups excluding tert-OH is 1. The smallest absolute Gasteiger partial charge is 0.462 e. The van der Waals surface area contributed by atoms with E-state index in [2.05, 4.69) is 27.7 Å². The standard InChI is InChI=1S/C66H128O17P2/c1-5-9-13-17-20-23-26-28-30-32-34-37-39-43-47-51-64(69)77-57-62(83-66(71)53-49-45-41-38-35-33-31-29-27-24-21-18-14-10-6-2)59-81-85(74,75)79-55-60(67)54-78-84(72,73)80-58-61(56-76-63(68)50-46-42-16-12-8-4)82-65(70)52-48-44-40-36-25-22-19-15-11-7-3/h60-62,67H,5-59H2,1-4H3,(H,72,73)(H,74,75)/t60-,61-,62-/m1/s1. The molecule has 0 fully saturated rings. The Morgan fingerprint density at radius 2 is 0.471 bits per heavy atom. The molecule has 0 aliphatic rings. The Hall–Kier alpha value is -1.94. The highest BCUT2D eigenvalue weighted by Gasteiger charge is 2.30. The van der Waals surface area contributed by atoms with Gasteiger partial charge < -0.3 is 33.8 Å². The van der Waals surface area contributed by atoms with Crippen molar-refractivity contribution in [3.8, 4) is 0 Å². The maximum absolute atomic E-state index is 13.0. The van der Waals surface area contributed by atoms with Gasteiger partial charge >= 0.3 is 39.5 Å². The fraction of sp³-hybridized carbons (Fsp3) is 0.939. The third-order valence-corrected chi connectivity index (χ3v) is 17.3. The molecule has 0 amide bonds. The molecule has 0 saturated heterocycles. The topological polar surface area (TPSA) is 237 Å². The van der Waals surface area contributed by atoms with Crippen LogP contribution in [0.2, 0.25) is 0 Å². The van der Waals surface area contributed by atoms with Crippen LogP contribution in [-0.2, 0) is 65.4 Å². The van der Waals surface area contributed by atoms with Gasteiger partial charge in [-0.1, -0.05) is 291 Å². The molecule has 0 aromatic rings. The molecule has 3 N–H and O–H groups in total. The van der Waals surface area contributed by atoms with Gasteiger partial charge in [0.25, 0.3) is 0 Å². The summed E-state index contributed by atoms with van der Waals surface area (Å²) in [6.07, 6.45) is 47.5. The average molecular weight is 1260 g/mol. The van der Waals surface area contributed by atoms with Crippen LogP contribution in [0.1, 0.15) is 342 Å². The maximum atomic E-state index is 13.0. The Bertz CT molecular complexity index is 1640. The summed E-state index contributed by atoms with van der Waals surface area (Å²) in [5.74, 6) is -2.14. The molecule has 2 unspecified atom stereocenters. The van der Waals surface area contributed by atoms with Gasteiger partial charge in [0.1, 0.15) is 19.3 Å². The van der Waals surface area contributed by atoms with Gasteiger partial charge in [-0.25, -0.2) is 9.13 Å². The van der Waals surface area contributed by atoms with Gasteiger partial charge in [0, 0.05) is 25.7 Å². The Labute approximate surface area is 517 Å². The highest BCUT2D eigenvalue weighted by atomic mass is 31.2. The minimum atomic E-state index is -4.94. The molecular weight excluding hydrogens is 1130 g/mol. The zero-order chi connectivity index (χ0) is 62.6. The Morgan fingerprint density at radius 1 is 0.282 bits per heavy atom. The minimum Gasteiger partial charge on any atom is -0.462 e. The van der Waals surface area contributed by atoms with Crippen LogP contribution >= 0.6 is 15.6 Å². The number of aliphatic hydroxyl groups is 1. The number of carbonyl (C=O) groups is 4. The van der Waals surface area contributed by atoms with Gasteiger partial charge in [-0.2, -0.15) is 0 Å². The summed E-state index contributed by atoms with van der Waals surface area (Å²) in [6, 6.07) is 0. The molecule has 0 spiro atoms. The van der Waals surface area contributed by atoms with Gasteiger partial charge in [-0.3, -0.25) is 37.3 Å². The summed E-state index contributed by atoms with van der Waals surface area (Å²) in [5.41, 5.74) is 0. The zero-order valence-electron chi connectivity index (χ0n) is 54.6. The van der Waals surface area contributed by atoms with Gasteiger partial charge in [-0.05, 0) is 25.7 Å². The van der Waals surface area contributed by atoms with Crippen molar-refractivity contribution in [3.05, 3.63) is 0 Å². The first-order chi connectivity index (χ1) is 41.2. The van der Waals surface area contributed by atoms with Crippen LogP contribution < -0.4 is 0 Å². The minimum absolute atomic E-state index is 0.106. The molecule has 0 aromatic carbocycles. The van der Waals surface area contributed by atoms with Crippen molar-refractivity contribution >= 4 is 39.5 Å². The molecule has 504 valence electrons. The van der Waals surface area contributed by atoms with Crippen molar-refractivity contribution < 1.29 is 80.2 Å². The molecule has 0 aliphatic carbocycles. The highest BCUT2D eigenvalue weighted by Crippen LogP contribution is 2.45. The first-order valence-corrected chi connectivity index (χ1v) is 37.8. The van der Waals surface area contributed by atoms with E-state index in [0.717, 1.165) is 96.3 Å². The van der Waals surface area contributed by atoms with Gasteiger partial charge in [0.05, 0.1) is 26.4 Å². The van der Waals surface area contributed by atoms with Crippen LogP contribution in [0.25, 0.3) is 0 Å². The van der Waals surface area contributed by atoms with E-state index in [1.807, 2.05) is 0 Å². The van der Waals surface area contributed by atoms with Crippen molar-refractivity contribution in [2.45, 2.75) is 361 Å². The average Bonchev–Trinajstić information content (AvgIpc) is 3.53. The fourth-order valence-electron chi connectivity index (χ4n) is 9.99. The van der Waals surface area contributed by atoms with E-state index in [1.165, 1.54) is 167 Å². The molecule has 19 heteroatoms. The summed E-state index contributed by atoms with van der Waals surface area (Å²) in [4.78, 5) is 72.1. The van der Waals surface area contributed by atoms with Crippen molar-refractivity contribution in [1.29, 1.82) is 0 Å². The van der Waals surface area contributed by atoms with E-state index in [9.17, 15) is 43.2 Å². The zero-order valence-corrected chi connectivity index (χ0v) is 56.4. The van der Waals surface area contributed by atoms with Crippen molar-refractivity contribution in [2.75, 3.05) is 39.6 Å². The number of hydrogen-bond donors (Lipinski definition) is 3. The largest absolute Gasteiger partial charge is 0.472 e. The fourth-order valence-corrected chi connectivity index (χ4v) is 11.6. The van der Waals surface area contributed by atoms with Crippen LogP contribution in [0, 0.1) is 0 Å². The number of esters is 4. The molecule has 85 heavy (non-hydrogen) atoms. The lowest BCUT2D eigenvalue weighted by Gasteiger charge is -2.21. The lowest BCUT2D eigenvalue weighted by atomic mass is 10.0. The van der Waals surface area contributed by atoms with Crippen LogP contribution in [-0.4, -0.2) is 96.7 Å². The van der Waals surface area contributed by atoms with Crippen LogP contribution in [0.3, 0.4) is 0 Å². The molecule has 0 heterocycles. The monoisotopic (exact) mass is 1250 g/mol. The number of unbranched alkanes of at least 4 members (excludes halogenated alkanes) is 41. The molecule has 0 radical (unpaired) electrons. The molecule has 0 aliphatic heterocycles. The number of carbonyl (C=O) groups excluding carboxylic acids is 4. The summed E-state index contributed by atoms with van der Waals surface area (Å²) in [7, 11) is -9.88. The molecule has 0 aromatic heterocycles. The third kappa shape index (κ3) is 60.7. The van der Waals surface area contributed by atoms with Gasteiger partial charge in [0.15, 0.2) is 12.2 Å². The first-order valence-electron chi connectivity index (χ1n) is 34.8. The summed E-state index contributed by atoms with van der Waals surface area (Å²) >= 11 is 0. The van der Waals surface area contributed by atoms with Gasteiger partial charge in [-0.15, -0.1) is 0 Å². The number of hydrogen-bond acceptors (Lipinski definition) is 15. The Morgan fingerprint density at radius 3 is 0.694 bits per heavy atom. The number of rotatable bonds is 67. The van der Waals surface area contributed by atoms with E-state index in [-0.39, 0.29) is 25.7 Å². The van der Waals surface area contributed by atoms with Crippen LogP contribution in [0.15, 0.2) is 0 Å². The predicted octanol–water partition coefficient (Wildman–Crippen LogP) is 18.7. The predicted molar refractivity (Wildman–Crippen MR) is 340 cm³/mol. The van der Waals surface area contributed by atoms with E-state index in [4.69, 9.17) is 37.0 Å². The summed E-state index contributed by atoms with van der Waals surface area (Å²) in [5, 5.41) is 10.5. The van der Waals surface area contributed by atoms with Crippen molar-refractivity contribution in [2.24, 2.45) is 0 Å². The second-order valence-corrected chi connectivity index (χ2v) is 26.8. The van der Waals surface area contributed by atoms with Crippen molar-refractivity contribution in [3.63, 3.8) is 0 Å². The van der Waals surface area contributed by atoms with E-state index < -0.39 is 97.5 Å². The molecule has 5 atom stereocenters. The summed E-state index contributed by atoms with van der Waals surface area (Å²) in [6.45, 7) is 4.83. The van der Waals surface area contributed by atoms with Crippen LogP contribution in [0.4, 0.5) is 0 Å². The first kappa shape index (κ1) is 83.1. The lowest BCUT2D eigenvalue weighted by Crippen LogP contribution is -2.30.